The van der Waals surface area contributed by atoms with E-state index in [4.69, 9.17) is 9.47 Å². The Labute approximate surface area is 182 Å². The van der Waals surface area contributed by atoms with Gasteiger partial charge in [0.05, 0.1) is 25.8 Å². The Hall–Kier alpha value is -2.35. The van der Waals surface area contributed by atoms with Gasteiger partial charge in [0.2, 0.25) is 5.91 Å². The van der Waals surface area contributed by atoms with Crippen molar-refractivity contribution in [2.45, 2.75) is 25.5 Å². The van der Waals surface area contributed by atoms with Crippen LogP contribution in [0.25, 0.3) is 0 Å². The molecule has 3 rings (SSSR count). The van der Waals surface area contributed by atoms with Gasteiger partial charge in [0.1, 0.15) is 18.1 Å². The Kier molecular flexibility index (Phi) is 7.90. The summed E-state index contributed by atoms with van der Waals surface area (Å²) in [6.07, 6.45) is 2.11. The van der Waals surface area contributed by atoms with Crippen molar-refractivity contribution >= 4 is 17.2 Å². The molecule has 1 aliphatic rings. The van der Waals surface area contributed by atoms with E-state index >= 15 is 0 Å². The molecule has 6 nitrogen and oxygen atoms in total. The number of amides is 1. The van der Waals surface area contributed by atoms with E-state index in [0.29, 0.717) is 26.2 Å². The third-order valence-corrected chi connectivity index (χ3v) is 6.15. The van der Waals surface area contributed by atoms with Crippen LogP contribution in [-0.4, -0.2) is 66.8 Å². The molecule has 0 aliphatic carbocycles. The molecule has 162 valence electrons. The fourth-order valence-corrected chi connectivity index (χ4v) is 4.69. The summed E-state index contributed by atoms with van der Waals surface area (Å²) < 4.78 is 11.2. The zero-order chi connectivity index (χ0) is 21.5. The molecule has 0 bridgehead atoms. The van der Waals surface area contributed by atoms with Crippen molar-refractivity contribution in [2.75, 3.05) is 39.9 Å². The fraction of sp³-hybridized carbons (Fsp3) is 0.435. The van der Waals surface area contributed by atoms with Crippen LogP contribution in [-0.2, 0) is 11.2 Å². The average Bonchev–Trinajstić information content (AvgIpc) is 3.21. The second-order valence-electron chi connectivity index (χ2n) is 7.47. The Morgan fingerprint density at radius 1 is 1.37 bits per heavy atom. The predicted octanol–water partition coefficient (Wildman–Crippen LogP) is 3.13. The number of nitrogens with zero attached hydrogens (tertiary/aromatic N) is 2. The molecule has 0 saturated heterocycles. The number of fused-ring (bicyclic) bond motifs is 1. The van der Waals surface area contributed by atoms with Crippen molar-refractivity contribution in [3.63, 3.8) is 0 Å². The highest BCUT2D eigenvalue weighted by molar-refractivity contribution is 7.10. The monoisotopic (exact) mass is 430 g/mol. The van der Waals surface area contributed by atoms with Crippen LogP contribution in [0, 0.1) is 0 Å². The summed E-state index contributed by atoms with van der Waals surface area (Å²) in [7, 11) is 1.63. The van der Waals surface area contributed by atoms with Crippen molar-refractivity contribution in [1.29, 1.82) is 0 Å². The van der Waals surface area contributed by atoms with Crippen LogP contribution in [0.1, 0.15) is 23.4 Å². The first-order valence-electron chi connectivity index (χ1n) is 10.2. The van der Waals surface area contributed by atoms with Gasteiger partial charge in [0.25, 0.3) is 0 Å². The molecule has 2 unspecified atom stereocenters. The number of aliphatic hydroxyl groups excluding tert-OH is 1. The molecule has 0 fully saturated rings. The lowest BCUT2D eigenvalue weighted by Gasteiger charge is -2.37. The fourth-order valence-electron chi connectivity index (χ4n) is 3.76. The zero-order valence-corrected chi connectivity index (χ0v) is 18.4. The maximum absolute atomic E-state index is 13.2. The summed E-state index contributed by atoms with van der Waals surface area (Å²) in [5.41, 5.74) is 1.17. The number of carbonyl (C=O) groups is 1. The Morgan fingerprint density at radius 2 is 2.10 bits per heavy atom. The lowest BCUT2D eigenvalue weighted by atomic mass is 10.0. The number of aliphatic hydroxyl groups is 1. The molecule has 2 aromatic rings. The zero-order valence-electron chi connectivity index (χ0n) is 17.6. The second-order valence-corrected chi connectivity index (χ2v) is 8.47. The molecule has 30 heavy (non-hydrogen) atoms. The van der Waals surface area contributed by atoms with Gasteiger partial charge in [-0.25, -0.2) is 0 Å². The van der Waals surface area contributed by atoms with Crippen LogP contribution in [0.2, 0.25) is 0 Å². The molecule has 1 N–H and O–H groups in total. The summed E-state index contributed by atoms with van der Waals surface area (Å²) in [5, 5.41) is 11.8. The van der Waals surface area contributed by atoms with E-state index < -0.39 is 6.10 Å². The van der Waals surface area contributed by atoms with Crippen LogP contribution in [0.4, 0.5) is 0 Å². The smallest absolute Gasteiger partial charge is 0.237 e. The van der Waals surface area contributed by atoms with Gasteiger partial charge in [0, 0.05) is 24.5 Å². The minimum absolute atomic E-state index is 0.0395. The summed E-state index contributed by atoms with van der Waals surface area (Å²) in [4.78, 5) is 18.4. The first-order chi connectivity index (χ1) is 14.5. The molecule has 2 atom stereocenters. The third kappa shape index (κ3) is 5.62. The van der Waals surface area contributed by atoms with Crippen molar-refractivity contribution in [1.82, 2.24) is 9.80 Å². The molecule has 1 aliphatic heterocycles. The summed E-state index contributed by atoms with van der Waals surface area (Å²) in [5.74, 6) is 1.56. The lowest BCUT2D eigenvalue weighted by molar-refractivity contribution is -0.136. The maximum atomic E-state index is 13.2. The van der Waals surface area contributed by atoms with E-state index in [1.807, 2.05) is 34.1 Å². The van der Waals surface area contributed by atoms with Gasteiger partial charge < -0.3 is 19.5 Å². The Bertz CT molecular complexity index is 834. The molecule has 1 aromatic carbocycles. The lowest BCUT2D eigenvalue weighted by Crippen LogP contribution is -2.47. The number of ether oxygens (including phenoxy) is 2. The SMILES string of the molecule is C=CCN(CC(=O)N1CCc2sccc2C1COc1ccc(OC)cc1)CC(C)O. The van der Waals surface area contributed by atoms with Crippen molar-refractivity contribution in [3.8, 4) is 11.5 Å². The van der Waals surface area contributed by atoms with Gasteiger partial charge in [-0.3, -0.25) is 9.69 Å². The molecule has 0 radical (unpaired) electrons. The number of methoxy groups -OCH3 is 1. The summed E-state index contributed by atoms with van der Waals surface area (Å²) in [6.45, 7) is 7.78. The number of thiophene rings is 1. The number of hydrogen-bond donors (Lipinski definition) is 1. The first-order valence-corrected chi connectivity index (χ1v) is 11.0. The third-order valence-electron chi connectivity index (χ3n) is 5.15. The molecule has 0 spiro atoms. The van der Waals surface area contributed by atoms with Crippen LogP contribution in [0.5, 0.6) is 11.5 Å². The summed E-state index contributed by atoms with van der Waals surface area (Å²) >= 11 is 1.73. The predicted molar refractivity (Wildman–Crippen MR) is 119 cm³/mol. The van der Waals surface area contributed by atoms with Gasteiger partial charge in [0.15, 0.2) is 0 Å². The van der Waals surface area contributed by atoms with E-state index in [-0.39, 0.29) is 18.5 Å². The molecule has 1 amide bonds. The minimum Gasteiger partial charge on any atom is -0.497 e. The van der Waals surface area contributed by atoms with Crippen LogP contribution in [0.3, 0.4) is 0 Å². The largest absolute Gasteiger partial charge is 0.497 e. The first kappa shape index (κ1) is 22.3. The van der Waals surface area contributed by atoms with Crippen LogP contribution < -0.4 is 9.47 Å². The molecular weight excluding hydrogens is 400 g/mol. The van der Waals surface area contributed by atoms with Crippen LogP contribution >= 0.6 is 11.3 Å². The second kappa shape index (κ2) is 10.6. The maximum Gasteiger partial charge on any atom is 0.237 e. The number of hydrogen-bond acceptors (Lipinski definition) is 6. The van der Waals surface area contributed by atoms with E-state index in [0.717, 1.165) is 17.9 Å². The van der Waals surface area contributed by atoms with Gasteiger partial charge in [-0.15, -0.1) is 17.9 Å². The number of benzene rings is 1. The molecular formula is C23H30N2O4S. The molecule has 0 saturated carbocycles. The standard InChI is InChI=1S/C23H30N2O4S/c1-4-11-24(14-17(2)26)15-23(27)25-12-9-22-20(10-13-30-22)21(25)16-29-19-7-5-18(28-3)6-8-19/h4-8,10,13,17,21,26H,1,9,11-12,14-16H2,2-3H3. The molecule has 7 heteroatoms. The summed E-state index contributed by atoms with van der Waals surface area (Å²) in [6, 6.07) is 9.43. The highest BCUT2D eigenvalue weighted by Gasteiger charge is 2.32. The quantitative estimate of drug-likeness (QED) is 0.587. The van der Waals surface area contributed by atoms with Gasteiger partial charge in [-0.05, 0) is 54.6 Å². The van der Waals surface area contributed by atoms with E-state index in [9.17, 15) is 9.90 Å². The topological polar surface area (TPSA) is 62.2 Å². The number of carbonyl (C=O) groups excluding carboxylic acids is 1. The minimum atomic E-state index is -0.503. The van der Waals surface area contributed by atoms with Crippen molar-refractivity contribution in [3.05, 3.63) is 58.8 Å². The van der Waals surface area contributed by atoms with Crippen LogP contribution in [0.15, 0.2) is 48.4 Å². The van der Waals surface area contributed by atoms with Gasteiger partial charge in [-0.2, -0.15) is 0 Å². The van der Waals surface area contributed by atoms with E-state index in [1.54, 1.807) is 31.4 Å². The van der Waals surface area contributed by atoms with Gasteiger partial charge in [-0.1, -0.05) is 6.08 Å². The Morgan fingerprint density at radius 3 is 2.77 bits per heavy atom. The van der Waals surface area contributed by atoms with Crippen molar-refractivity contribution in [2.24, 2.45) is 0 Å². The van der Waals surface area contributed by atoms with Gasteiger partial charge >= 0.3 is 0 Å². The van der Waals surface area contributed by atoms with Crippen molar-refractivity contribution < 1.29 is 19.4 Å². The Balaban J connectivity index is 1.72. The van der Waals surface area contributed by atoms with E-state index in [2.05, 4.69) is 18.0 Å². The average molecular weight is 431 g/mol. The normalized spacial score (nSPS) is 16.8. The number of rotatable bonds is 10. The molecule has 2 heterocycles. The van der Waals surface area contributed by atoms with E-state index in [1.165, 1.54) is 10.4 Å². The highest BCUT2D eigenvalue weighted by atomic mass is 32.1. The highest BCUT2D eigenvalue weighted by Crippen LogP contribution is 2.34. The molecule has 1 aromatic heterocycles.